The summed E-state index contributed by atoms with van der Waals surface area (Å²) in [5.41, 5.74) is 1.25. The first-order valence-electron chi connectivity index (χ1n) is 8.01. The molecule has 1 aliphatic rings. The Kier molecular flexibility index (Phi) is 4.21. The van der Waals surface area contributed by atoms with Crippen molar-refractivity contribution in [2.24, 2.45) is 5.10 Å². The lowest BCUT2D eigenvalue weighted by atomic mass is 10.00. The van der Waals surface area contributed by atoms with Gasteiger partial charge in [0.05, 0.1) is 22.7 Å². The second-order valence-electron chi connectivity index (χ2n) is 5.85. The van der Waals surface area contributed by atoms with E-state index in [1.54, 1.807) is 24.3 Å². The average Bonchev–Trinajstić information content (AvgIpc) is 3.40. The number of carbonyl (C=O) groups excluding carboxylic acids is 1. The fourth-order valence-corrected chi connectivity index (χ4v) is 3.68. The Balaban J connectivity index is 1.73. The van der Waals surface area contributed by atoms with Crippen molar-refractivity contribution in [3.8, 4) is 5.75 Å². The summed E-state index contributed by atoms with van der Waals surface area (Å²) in [5, 5.41) is 28.6. The Morgan fingerprint density at radius 3 is 2.74 bits per heavy atom. The summed E-state index contributed by atoms with van der Waals surface area (Å²) in [5.74, 6) is -1.26. The molecule has 2 aromatic heterocycles. The summed E-state index contributed by atoms with van der Waals surface area (Å²) in [6.07, 6.45) is 0.409. The van der Waals surface area contributed by atoms with Crippen LogP contribution in [0.4, 0.5) is 5.88 Å². The van der Waals surface area contributed by atoms with Crippen LogP contribution in [0.3, 0.4) is 0 Å². The maximum atomic E-state index is 12.9. The lowest BCUT2D eigenvalue weighted by molar-refractivity contribution is -0.402. The van der Waals surface area contributed by atoms with Gasteiger partial charge in [-0.05, 0) is 23.6 Å². The summed E-state index contributed by atoms with van der Waals surface area (Å²) in [6.45, 7) is 0. The van der Waals surface area contributed by atoms with Crippen LogP contribution < -0.4 is 0 Å². The van der Waals surface area contributed by atoms with Crippen LogP contribution in [-0.4, -0.2) is 26.7 Å². The number of hydrazone groups is 1. The molecule has 136 valence electrons. The Hall–Kier alpha value is -3.46. The second-order valence-corrected chi connectivity index (χ2v) is 6.80. The van der Waals surface area contributed by atoms with E-state index in [1.807, 2.05) is 17.5 Å². The van der Waals surface area contributed by atoms with Crippen molar-refractivity contribution in [3.63, 3.8) is 0 Å². The normalized spacial score (nSPS) is 16.4. The maximum absolute atomic E-state index is 12.9. The maximum Gasteiger partial charge on any atom is 0.433 e. The predicted molar refractivity (Wildman–Crippen MR) is 97.9 cm³/mol. The minimum Gasteiger partial charge on any atom is -0.508 e. The summed E-state index contributed by atoms with van der Waals surface area (Å²) in [6, 6.07) is 12.3. The monoisotopic (exact) mass is 383 g/mol. The molecule has 0 spiro atoms. The number of aromatic hydroxyl groups is 1. The van der Waals surface area contributed by atoms with E-state index in [9.17, 15) is 20.0 Å². The van der Waals surface area contributed by atoms with Crippen molar-refractivity contribution >= 4 is 28.8 Å². The molecule has 1 atom stereocenters. The van der Waals surface area contributed by atoms with Gasteiger partial charge in [0.15, 0.2) is 0 Å². The number of carbonyl (C=O) groups is 1. The first-order chi connectivity index (χ1) is 13.0. The molecule has 1 aromatic carbocycles. The predicted octanol–water partition coefficient (Wildman–Crippen LogP) is 3.95. The molecule has 3 heterocycles. The number of hydrogen-bond acceptors (Lipinski definition) is 7. The van der Waals surface area contributed by atoms with Gasteiger partial charge in [0.25, 0.3) is 0 Å². The Morgan fingerprint density at radius 1 is 1.26 bits per heavy atom. The molecule has 0 saturated carbocycles. The number of amides is 1. The first kappa shape index (κ1) is 17.0. The minimum absolute atomic E-state index is 0.0494. The lowest BCUT2D eigenvalue weighted by Crippen LogP contribution is -2.26. The van der Waals surface area contributed by atoms with Gasteiger partial charge in [-0.2, -0.15) is 5.10 Å². The molecule has 1 N–H and O–H groups in total. The molecule has 9 heteroatoms. The summed E-state index contributed by atoms with van der Waals surface area (Å²) >= 11 is 1.50. The van der Waals surface area contributed by atoms with Crippen LogP contribution in [0.2, 0.25) is 0 Å². The SMILES string of the molecule is O=C(c1ccc([N+](=O)[O-])o1)N1N=C(c2cccs2)C[C@@H]1c1ccccc1O. The molecule has 1 aliphatic heterocycles. The van der Waals surface area contributed by atoms with Crippen LogP contribution >= 0.6 is 11.3 Å². The van der Waals surface area contributed by atoms with E-state index < -0.39 is 22.8 Å². The standard InChI is InChI=1S/C18H13N3O5S/c22-14-5-2-1-4-11(14)13-10-12(16-6-3-9-27-16)19-20(13)18(23)15-7-8-17(26-15)21(24)25/h1-9,13,22H,10H2/t13-/m1/s1. The van der Waals surface area contributed by atoms with Crippen molar-refractivity contribution in [1.82, 2.24) is 5.01 Å². The van der Waals surface area contributed by atoms with Crippen LogP contribution in [0.5, 0.6) is 5.75 Å². The van der Waals surface area contributed by atoms with Crippen molar-refractivity contribution in [2.45, 2.75) is 12.5 Å². The van der Waals surface area contributed by atoms with Crippen LogP contribution in [0.1, 0.15) is 33.5 Å². The fourth-order valence-electron chi connectivity index (χ4n) is 2.95. The zero-order valence-corrected chi connectivity index (χ0v) is 14.6. The highest BCUT2D eigenvalue weighted by Crippen LogP contribution is 2.38. The van der Waals surface area contributed by atoms with Crippen LogP contribution in [0.15, 0.2) is 63.4 Å². The van der Waals surface area contributed by atoms with Crippen LogP contribution in [-0.2, 0) is 0 Å². The van der Waals surface area contributed by atoms with Crippen molar-refractivity contribution in [1.29, 1.82) is 0 Å². The van der Waals surface area contributed by atoms with E-state index >= 15 is 0 Å². The molecule has 0 radical (unpaired) electrons. The van der Waals surface area contributed by atoms with E-state index in [0.717, 1.165) is 10.9 Å². The summed E-state index contributed by atoms with van der Waals surface area (Å²) in [4.78, 5) is 23.9. The topological polar surface area (TPSA) is 109 Å². The van der Waals surface area contributed by atoms with E-state index in [2.05, 4.69) is 5.10 Å². The number of phenols is 1. The number of nitrogens with zero attached hydrogens (tertiary/aromatic N) is 3. The molecule has 3 aromatic rings. The zero-order chi connectivity index (χ0) is 19.0. The molecule has 0 fully saturated rings. The quantitative estimate of drug-likeness (QED) is 0.542. The van der Waals surface area contributed by atoms with Crippen molar-refractivity contribution in [3.05, 3.63) is 80.2 Å². The van der Waals surface area contributed by atoms with Gasteiger partial charge in [-0.15, -0.1) is 11.3 Å². The van der Waals surface area contributed by atoms with Gasteiger partial charge in [0, 0.05) is 12.0 Å². The highest BCUT2D eigenvalue weighted by atomic mass is 32.1. The molecule has 1 amide bonds. The van der Waals surface area contributed by atoms with E-state index in [-0.39, 0.29) is 11.5 Å². The number of hydrogen-bond donors (Lipinski definition) is 1. The number of phenolic OH excluding ortho intramolecular Hbond substituents is 1. The minimum atomic E-state index is -0.707. The second kappa shape index (κ2) is 6.69. The highest BCUT2D eigenvalue weighted by Gasteiger charge is 2.37. The van der Waals surface area contributed by atoms with Gasteiger partial charge in [-0.25, -0.2) is 5.01 Å². The first-order valence-corrected chi connectivity index (χ1v) is 8.89. The number of rotatable bonds is 4. The van der Waals surface area contributed by atoms with Gasteiger partial charge in [-0.3, -0.25) is 14.9 Å². The molecule has 8 nitrogen and oxygen atoms in total. The van der Waals surface area contributed by atoms with Gasteiger partial charge in [0.2, 0.25) is 5.76 Å². The zero-order valence-electron chi connectivity index (χ0n) is 13.8. The molecule has 0 unspecified atom stereocenters. The summed E-state index contributed by atoms with van der Waals surface area (Å²) in [7, 11) is 0. The number of furan rings is 1. The van der Waals surface area contributed by atoms with Crippen LogP contribution in [0.25, 0.3) is 0 Å². The molecular weight excluding hydrogens is 370 g/mol. The van der Waals surface area contributed by atoms with Crippen LogP contribution in [0, 0.1) is 10.1 Å². The fraction of sp³-hybridized carbons (Fsp3) is 0.111. The smallest absolute Gasteiger partial charge is 0.433 e. The number of benzene rings is 1. The Bertz CT molecular complexity index is 1040. The molecule has 4 rings (SSSR count). The van der Waals surface area contributed by atoms with Gasteiger partial charge in [-0.1, -0.05) is 24.3 Å². The van der Waals surface area contributed by atoms with Gasteiger partial charge >= 0.3 is 11.8 Å². The average molecular weight is 383 g/mol. The number of nitro groups is 1. The summed E-state index contributed by atoms with van der Waals surface area (Å²) < 4.78 is 5.04. The molecule has 27 heavy (non-hydrogen) atoms. The van der Waals surface area contributed by atoms with E-state index in [1.165, 1.54) is 22.4 Å². The van der Waals surface area contributed by atoms with Crippen molar-refractivity contribution in [2.75, 3.05) is 0 Å². The molecular formula is C18H13N3O5S. The van der Waals surface area contributed by atoms with E-state index in [4.69, 9.17) is 4.42 Å². The molecule has 0 aliphatic carbocycles. The molecule has 0 bridgehead atoms. The Labute approximate surface area is 157 Å². The third-order valence-electron chi connectivity index (χ3n) is 4.20. The van der Waals surface area contributed by atoms with Crippen molar-refractivity contribution < 1.29 is 19.2 Å². The third-order valence-corrected chi connectivity index (χ3v) is 5.12. The molecule has 0 saturated heterocycles. The largest absolute Gasteiger partial charge is 0.508 e. The van der Waals surface area contributed by atoms with Gasteiger partial charge < -0.3 is 9.52 Å². The lowest BCUT2D eigenvalue weighted by Gasteiger charge is -2.21. The Morgan fingerprint density at radius 2 is 2.07 bits per heavy atom. The van der Waals surface area contributed by atoms with E-state index in [0.29, 0.717) is 17.7 Å². The number of thiophene rings is 1. The highest BCUT2D eigenvalue weighted by molar-refractivity contribution is 7.12. The van der Waals surface area contributed by atoms with Gasteiger partial charge in [0.1, 0.15) is 10.7 Å². The third kappa shape index (κ3) is 3.08. The number of para-hydroxylation sites is 1.